The SMILES string of the molecule is COc1cccc([C@H](C)NC(=O)[C@@H]2CNC[C@H]2c2ccc(C(F)(F)F)cn2)c1. The van der Waals surface area contributed by atoms with Gasteiger partial charge >= 0.3 is 6.18 Å². The molecular weight excluding hydrogens is 371 g/mol. The van der Waals surface area contributed by atoms with Crippen LogP contribution in [0.2, 0.25) is 0 Å². The van der Waals surface area contributed by atoms with Crippen molar-refractivity contribution in [3.8, 4) is 5.75 Å². The van der Waals surface area contributed by atoms with E-state index >= 15 is 0 Å². The summed E-state index contributed by atoms with van der Waals surface area (Å²) in [7, 11) is 1.58. The van der Waals surface area contributed by atoms with E-state index in [0.717, 1.165) is 17.8 Å². The summed E-state index contributed by atoms with van der Waals surface area (Å²) >= 11 is 0. The summed E-state index contributed by atoms with van der Waals surface area (Å²) in [6.45, 7) is 2.81. The smallest absolute Gasteiger partial charge is 0.417 e. The minimum Gasteiger partial charge on any atom is -0.497 e. The van der Waals surface area contributed by atoms with E-state index in [1.807, 2.05) is 31.2 Å². The van der Waals surface area contributed by atoms with Crippen molar-refractivity contribution in [1.29, 1.82) is 0 Å². The fraction of sp³-hybridized carbons (Fsp3) is 0.400. The van der Waals surface area contributed by atoms with Gasteiger partial charge in [0.25, 0.3) is 0 Å². The molecule has 0 bridgehead atoms. The van der Waals surface area contributed by atoms with Gasteiger partial charge in [0, 0.05) is 30.9 Å². The number of amides is 1. The maximum Gasteiger partial charge on any atom is 0.417 e. The molecule has 1 aliphatic rings. The Morgan fingerprint density at radius 2 is 2.07 bits per heavy atom. The maximum absolute atomic E-state index is 12.8. The van der Waals surface area contributed by atoms with Crippen LogP contribution in [0.4, 0.5) is 13.2 Å². The molecule has 2 heterocycles. The summed E-state index contributed by atoms with van der Waals surface area (Å²) in [5, 5.41) is 6.12. The lowest BCUT2D eigenvalue weighted by molar-refractivity contribution is -0.137. The van der Waals surface area contributed by atoms with Crippen LogP contribution in [0.1, 0.15) is 35.7 Å². The number of nitrogens with zero attached hydrogens (tertiary/aromatic N) is 1. The molecule has 3 atom stereocenters. The zero-order valence-corrected chi connectivity index (χ0v) is 15.6. The van der Waals surface area contributed by atoms with Crippen molar-refractivity contribution in [1.82, 2.24) is 15.6 Å². The molecule has 0 saturated carbocycles. The van der Waals surface area contributed by atoms with Crippen LogP contribution in [-0.4, -0.2) is 31.1 Å². The van der Waals surface area contributed by atoms with Crippen molar-refractivity contribution in [2.45, 2.75) is 25.1 Å². The third kappa shape index (κ3) is 4.44. The second-order valence-electron chi connectivity index (χ2n) is 6.85. The largest absolute Gasteiger partial charge is 0.497 e. The number of aromatic nitrogens is 1. The van der Waals surface area contributed by atoms with E-state index < -0.39 is 17.7 Å². The van der Waals surface area contributed by atoms with E-state index in [-0.39, 0.29) is 17.9 Å². The summed E-state index contributed by atoms with van der Waals surface area (Å²) in [5.41, 5.74) is 0.588. The third-order valence-corrected chi connectivity index (χ3v) is 5.00. The first kappa shape index (κ1) is 20.1. The molecule has 2 aromatic rings. The Hall–Kier alpha value is -2.61. The molecule has 8 heteroatoms. The number of halogens is 3. The zero-order valence-electron chi connectivity index (χ0n) is 15.6. The number of ether oxygens (including phenoxy) is 1. The van der Waals surface area contributed by atoms with E-state index in [2.05, 4.69) is 15.6 Å². The second kappa shape index (κ2) is 8.18. The topological polar surface area (TPSA) is 63.2 Å². The van der Waals surface area contributed by atoms with Crippen LogP contribution in [0, 0.1) is 5.92 Å². The van der Waals surface area contributed by atoms with Crippen molar-refractivity contribution in [3.05, 3.63) is 59.4 Å². The first-order valence-electron chi connectivity index (χ1n) is 8.97. The molecular formula is C20H22F3N3O2. The summed E-state index contributed by atoms with van der Waals surface area (Å²) in [5.74, 6) is -0.142. The van der Waals surface area contributed by atoms with Crippen LogP contribution in [0.5, 0.6) is 5.75 Å². The number of methoxy groups -OCH3 is 1. The Morgan fingerprint density at radius 1 is 1.29 bits per heavy atom. The van der Waals surface area contributed by atoms with Crippen molar-refractivity contribution < 1.29 is 22.7 Å². The Kier molecular flexibility index (Phi) is 5.88. The predicted octanol–water partition coefficient (Wildman–Crippen LogP) is 3.29. The van der Waals surface area contributed by atoms with Gasteiger partial charge in [0.15, 0.2) is 0 Å². The third-order valence-electron chi connectivity index (χ3n) is 5.00. The highest BCUT2D eigenvalue weighted by Gasteiger charge is 2.36. The van der Waals surface area contributed by atoms with Crippen molar-refractivity contribution >= 4 is 5.91 Å². The molecule has 0 aliphatic carbocycles. The molecule has 0 unspecified atom stereocenters. The molecule has 1 aromatic carbocycles. The molecule has 0 radical (unpaired) electrons. The fourth-order valence-electron chi connectivity index (χ4n) is 3.37. The molecule has 1 fully saturated rings. The number of alkyl halides is 3. The van der Waals surface area contributed by atoms with Crippen LogP contribution in [0.25, 0.3) is 0 Å². The molecule has 1 aliphatic heterocycles. The van der Waals surface area contributed by atoms with E-state index in [4.69, 9.17) is 4.74 Å². The van der Waals surface area contributed by atoms with Gasteiger partial charge in [-0.1, -0.05) is 12.1 Å². The van der Waals surface area contributed by atoms with Gasteiger partial charge in [0.1, 0.15) is 5.75 Å². The zero-order chi connectivity index (χ0) is 20.3. The van der Waals surface area contributed by atoms with Crippen molar-refractivity contribution in [2.24, 2.45) is 5.92 Å². The Balaban J connectivity index is 1.70. The second-order valence-corrected chi connectivity index (χ2v) is 6.85. The lowest BCUT2D eigenvalue weighted by atomic mass is 9.91. The van der Waals surface area contributed by atoms with Crippen LogP contribution in [0.3, 0.4) is 0 Å². The van der Waals surface area contributed by atoms with Crippen molar-refractivity contribution in [3.63, 3.8) is 0 Å². The van der Waals surface area contributed by atoms with E-state index in [1.54, 1.807) is 7.11 Å². The maximum atomic E-state index is 12.8. The summed E-state index contributed by atoms with van der Waals surface area (Å²) in [4.78, 5) is 16.8. The highest BCUT2D eigenvalue weighted by molar-refractivity contribution is 5.80. The molecule has 5 nitrogen and oxygen atoms in total. The van der Waals surface area contributed by atoms with E-state index in [0.29, 0.717) is 24.5 Å². The Labute approximate surface area is 161 Å². The van der Waals surface area contributed by atoms with Gasteiger partial charge in [-0.2, -0.15) is 13.2 Å². The molecule has 2 N–H and O–H groups in total. The normalized spacial score (nSPS) is 20.6. The summed E-state index contributed by atoms with van der Waals surface area (Å²) < 4.78 is 43.4. The van der Waals surface area contributed by atoms with Crippen LogP contribution >= 0.6 is 0 Å². The lowest BCUT2D eigenvalue weighted by Gasteiger charge is -2.21. The van der Waals surface area contributed by atoms with Crippen molar-refractivity contribution in [2.75, 3.05) is 20.2 Å². The number of rotatable bonds is 5. The first-order chi connectivity index (χ1) is 13.3. The standard InChI is InChI=1S/C20H22F3N3O2/c1-12(13-4-3-5-15(8-13)28-2)26-19(27)17-11-24-10-16(17)18-7-6-14(9-25-18)20(21,22)23/h3-9,12,16-17,24H,10-11H2,1-2H3,(H,26,27)/t12-,16+,17+/m0/s1. The number of pyridine rings is 1. The lowest BCUT2D eigenvalue weighted by Crippen LogP contribution is -2.36. The van der Waals surface area contributed by atoms with Gasteiger partial charge in [-0.25, -0.2) is 0 Å². The minimum atomic E-state index is -4.43. The number of benzene rings is 1. The molecule has 28 heavy (non-hydrogen) atoms. The number of hydrogen-bond donors (Lipinski definition) is 2. The summed E-state index contributed by atoms with van der Waals surface area (Å²) in [6, 6.07) is 9.56. The van der Waals surface area contributed by atoms with E-state index in [9.17, 15) is 18.0 Å². The molecule has 150 valence electrons. The van der Waals surface area contributed by atoms with Crippen LogP contribution in [0.15, 0.2) is 42.6 Å². The highest BCUT2D eigenvalue weighted by Crippen LogP contribution is 2.32. The Bertz CT molecular complexity index is 824. The number of hydrogen-bond acceptors (Lipinski definition) is 4. The Morgan fingerprint density at radius 3 is 2.71 bits per heavy atom. The minimum absolute atomic E-state index is 0.160. The van der Waals surface area contributed by atoms with Crippen LogP contribution in [-0.2, 0) is 11.0 Å². The predicted molar refractivity (Wildman–Crippen MR) is 97.9 cm³/mol. The quantitative estimate of drug-likeness (QED) is 0.818. The number of nitrogens with one attached hydrogen (secondary N) is 2. The van der Waals surface area contributed by atoms with Crippen LogP contribution < -0.4 is 15.4 Å². The molecule has 3 rings (SSSR count). The van der Waals surface area contributed by atoms with Gasteiger partial charge < -0.3 is 15.4 Å². The van der Waals surface area contributed by atoms with Gasteiger partial charge in [-0.3, -0.25) is 9.78 Å². The van der Waals surface area contributed by atoms with Gasteiger partial charge in [-0.15, -0.1) is 0 Å². The average molecular weight is 393 g/mol. The van der Waals surface area contributed by atoms with Gasteiger partial charge in [-0.05, 0) is 36.8 Å². The molecule has 1 aromatic heterocycles. The van der Waals surface area contributed by atoms with Gasteiger partial charge in [0.2, 0.25) is 5.91 Å². The highest BCUT2D eigenvalue weighted by atomic mass is 19.4. The summed E-state index contributed by atoms with van der Waals surface area (Å²) in [6.07, 6.45) is -3.61. The fourth-order valence-corrected chi connectivity index (χ4v) is 3.37. The monoisotopic (exact) mass is 393 g/mol. The molecule has 1 saturated heterocycles. The molecule has 0 spiro atoms. The number of carbonyl (C=O) groups excluding carboxylic acids is 1. The molecule has 1 amide bonds. The van der Waals surface area contributed by atoms with E-state index in [1.165, 1.54) is 6.07 Å². The number of carbonyl (C=O) groups is 1. The average Bonchev–Trinajstić information content (AvgIpc) is 3.17. The first-order valence-corrected chi connectivity index (χ1v) is 8.97. The van der Waals surface area contributed by atoms with Gasteiger partial charge in [0.05, 0.1) is 24.6 Å².